The number of nitrogens with zero attached hydrogens (tertiary/aromatic N) is 3. The van der Waals surface area contributed by atoms with Crippen molar-refractivity contribution in [3.63, 3.8) is 0 Å². The molecule has 0 saturated heterocycles. The second-order valence-electron chi connectivity index (χ2n) is 3.77. The molecule has 16 heavy (non-hydrogen) atoms. The average molecular weight is 214 g/mol. The van der Waals surface area contributed by atoms with Gasteiger partial charge in [0, 0.05) is 38.2 Å². The van der Waals surface area contributed by atoms with E-state index in [-0.39, 0.29) is 0 Å². The van der Waals surface area contributed by atoms with Crippen molar-refractivity contribution in [2.45, 2.75) is 0 Å². The third-order valence-corrected chi connectivity index (χ3v) is 2.33. The number of hydrogen-bond acceptors (Lipinski definition) is 4. The number of nitrogens with two attached hydrogens (primary N) is 1. The first-order chi connectivity index (χ1) is 7.68. The average Bonchev–Trinajstić information content (AvgIpc) is 2.29. The highest BCUT2D eigenvalue weighted by atomic mass is 15.1. The van der Waals surface area contributed by atoms with Crippen molar-refractivity contribution in [1.29, 1.82) is 0 Å². The number of nitrogen functional groups attached to an aromatic ring is 1. The van der Waals surface area contributed by atoms with E-state index in [4.69, 9.17) is 5.73 Å². The summed E-state index contributed by atoms with van der Waals surface area (Å²) in [7, 11) is 3.84. The highest BCUT2D eigenvalue weighted by Crippen LogP contribution is 2.25. The zero-order chi connectivity index (χ0) is 11.5. The maximum Gasteiger partial charge on any atom is 0.151 e. The standard InChI is InChI=1S/C12H14N4/c1-16(2)12-11(13)7-10(8-15-12)9-3-5-14-6-4-9/h3-8H,13H2,1-2H3. The zero-order valence-corrected chi connectivity index (χ0v) is 9.38. The van der Waals surface area contributed by atoms with Gasteiger partial charge < -0.3 is 10.6 Å². The summed E-state index contributed by atoms with van der Waals surface area (Å²) in [4.78, 5) is 10.2. The van der Waals surface area contributed by atoms with Gasteiger partial charge in [0.2, 0.25) is 0 Å². The molecule has 2 rings (SSSR count). The molecule has 2 N–H and O–H groups in total. The van der Waals surface area contributed by atoms with Crippen LogP contribution in [-0.2, 0) is 0 Å². The molecule has 0 aromatic carbocycles. The minimum Gasteiger partial charge on any atom is -0.396 e. The number of anilines is 2. The van der Waals surface area contributed by atoms with E-state index < -0.39 is 0 Å². The Balaban J connectivity index is 2.43. The van der Waals surface area contributed by atoms with Gasteiger partial charge in [-0.1, -0.05) is 0 Å². The summed E-state index contributed by atoms with van der Waals surface area (Å²) < 4.78 is 0. The van der Waals surface area contributed by atoms with E-state index in [1.54, 1.807) is 12.4 Å². The molecule has 0 bridgehead atoms. The Morgan fingerprint density at radius 3 is 2.38 bits per heavy atom. The molecule has 0 spiro atoms. The number of pyridine rings is 2. The molecule has 0 amide bonds. The quantitative estimate of drug-likeness (QED) is 0.828. The topological polar surface area (TPSA) is 55.0 Å². The molecule has 4 nitrogen and oxygen atoms in total. The zero-order valence-electron chi connectivity index (χ0n) is 9.38. The van der Waals surface area contributed by atoms with Crippen molar-refractivity contribution >= 4 is 11.5 Å². The van der Waals surface area contributed by atoms with Crippen molar-refractivity contribution in [3.8, 4) is 11.1 Å². The second-order valence-corrected chi connectivity index (χ2v) is 3.77. The molecule has 0 aliphatic heterocycles. The fourth-order valence-electron chi connectivity index (χ4n) is 1.55. The lowest BCUT2D eigenvalue weighted by Crippen LogP contribution is -2.12. The minimum absolute atomic E-state index is 0.680. The van der Waals surface area contributed by atoms with Crippen LogP contribution in [-0.4, -0.2) is 24.1 Å². The third-order valence-electron chi connectivity index (χ3n) is 2.33. The predicted molar refractivity (Wildman–Crippen MR) is 66.2 cm³/mol. The SMILES string of the molecule is CN(C)c1ncc(-c2ccncc2)cc1N. The number of hydrogen-bond donors (Lipinski definition) is 1. The summed E-state index contributed by atoms with van der Waals surface area (Å²) in [6, 6.07) is 5.80. The van der Waals surface area contributed by atoms with Crippen LogP contribution in [0.25, 0.3) is 11.1 Å². The number of rotatable bonds is 2. The van der Waals surface area contributed by atoms with Crippen molar-refractivity contribution in [2.24, 2.45) is 0 Å². The normalized spacial score (nSPS) is 10.1. The summed E-state index contributed by atoms with van der Waals surface area (Å²) in [6.45, 7) is 0. The molecule has 0 saturated carbocycles. The van der Waals surface area contributed by atoms with Crippen molar-refractivity contribution < 1.29 is 0 Å². The van der Waals surface area contributed by atoms with E-state index in [1.807, 2.05) is 43.4 Å². The van der Waals surface area contributed by atoms with Crippen molar-refractivity contribution in [2.75, 3.05) is 24.7 Å². The fraction of sp³-hybridized carbons (Fsp3) is 0.167. The van der Waals surface area contributed by atoms with Crippen molar-refractivity contribution in [3.05, 3.63) is 36.8 Å². The summed E-state index contributed by atoms with van der Waals surface area (Å²) in [5, 5.41) is 0. The van der Waals surface area contributed by atoms with Crippen LogP contribution in [0.2, 0.25) is 0 Å². The molecule has 0 atom stereocenters. The Morgan fingerprint density at radius 2 is 1.81 bits per heavy atom. The Bertz CT molecular complexity index is 480. The molecule has 82 valence electrons. The van der Waals surface area contributed by atoms with E-state index in [0.717, 1.165) is 16.9 Å². The fourth-order valence-corrected chi connectivity index (χ4v) is 1.55. The highest BCUT2D eigenvalue weighted by Gasteiger charge is 2.05. The summed E-state index contributed by atoms with van der Waals surface area (Å²) in [5.74, 6) is 0.790. The molecule has 0 aliphatic carbocycles. The van der Waals surface area contributed by atoms with Gasteiger partial charge in [0.05, 0.1) is 5.69 Å². The number of aromatic nitrogens is 2. The van der Waals surface area contributed by atoms with Gasteiger partial charge >= 0.3 is 0 Å². The minimum atomic E-state index is 0.680. The molecule has 0 unspecified atom stereocenters. The monoisotopic (exact) mass is 214 g/mol. The first kappa shape index (κ1) is 10.4. The summed E-state index contributed by atoms with van der Waals surface area (Å²) >= 11 is 0. The summed E-state index contributed by atoms with van der Waals surface area (Å²) in [6.07, 6.45) is 5.33. The van der Waals surface area contributed by atoms with Gasteiger partial charge in [-0.3, -0.25) is 4.98 Å². The maximum absolute atomic E-state index is 5.94. The smallest absolute Gasteiger partial charge is 0.151 e. The lowest BCUT2D eigenvalue weighted by atomic mass is 10.1. The Hall–Kier alpha value is -2.10. The molecule has 2 aromatic rings. The van der Waals surface area contributed by atoms with E-state index in [9.17, 15) is 0 Å². The molecular formula is C12H14N4. The van der Waals surface area contributed by atoms with Gasteiger partial charge in [-0.15, -0.1) is 0 Å². The van der Waals surface area contributed by atoms with Crippen LogP contribution in [0.3, 0.4) is 0 Å². The molecule has 0 aliphatic rings. The van der Waals surface area contributed by atoms with E-state index in [0.29, 0.717) is 5.69 Å². The van der Waals surface area contributed by atoms with Crippen LogP contribution >= 0.6 is 0 Å². The largest absolute Gasteiger partial charge is 0.396 e. The Labute approximate surface area is 94.8 Å². The van der Waals surface area contributed by atoms with Crippen LogP contribution in [0.4, 0.5) is 11.5 Å². The van der Waals surface area contributed by atoms with Crippen LogP contribution < -0.4 is 10.6 Å². The summed E-state index contributed by atoms with van der Waals surface area (Å²) in [5.41, 5.74) is 8.69. The predicted octanol–water partition coefficient (Wildman–Crippen LogP) is 1.79. The lowest BCUT2D eigenvalue weighted by Gasteiger charge is -2.14. The van der Waals surface area contributed by atoms with Crippen LogP contribution in [0.1, 0.15) is 0 Å². The van der Waals surface area contributed by atoms with Gasteiger partial charge in [-0.2, -0.15) is 0 Å². The first-order valence-corrected chi connectivity index (χ1v) is 5.01. The molecular weight excluding hydrogens is 200 g/mol. The van der Waals surface area contributed by atoms with Crippen molar-refractivity contribution in [1.82, 2.24) is 9.97 Å². The van der Waals surface area contributed by atoms with Crippen LogP contribution in [0.5, 0.6) is 0 Å². The van der Waals surface area contributed by atoms with Gasteiger partial charge in [0.25, 0.3) is 0 Å². The van der Waals surface area contributed by atoms with Crippen LogP contribution in [0, 0.1) is 0 Å². The molecule has 4 heteroatoms. The maximum atomic E-state index is 5.94. The van der Waals surface area contributed by atoms with Gasteiger partial charge in [0.15, 0.2) is 5.82 Å². The molecule has 2 heterocycles. The highest BCUT2D eigenvalue weighted by molar-refractivity contribution is 5.72. The molecule has 0 fully saturated rings. The van der Waals surface area contributed by atoms with Gasteiger partial charge in [-0.25, -0.2) is 4.98 Å². The van der Waals surface area contributed by atoms with Gasteiger partial charge in [-0.05, 0) is 23.8 Å². The molecule has 2 aromatic heterocycles. The second kappa shape index (κ2) is 4.18. The van der Waals surface area contributed by atoms with E-state index in [2.05, 4.69) is 9.97 Å². The van der Waals surface area contributed by atoms with Gasteiger partial charge in [0.1, 0.15) is 0 Å². The van der Waals surface area contributed by atoms with E-state index in [1.165, 1.54) is 0 Å². The molecule has 0 radical (unpaired) electrons. The third kappa shape index (κ3) is 1.95. The Morgan fingerprint density at radius 1 is 1.12 bits per heavy atom. The lowest BCUT2D eigenvalue weighted by molar-refractivity contribution is 1.07. The first-order valence-electron chi connectivity index (χ1n) is 5.01. The van der Waals surface area contributed by atoms with Crippen LogP contribution in [0.15, 0.2) is 36.8 Å². The Kier molecular flexibility index (Phi) is 2.72. The van der Waals surface area contributed by atoms with E-state index >= 15 is 0 Å².